The molecule has 0 fully saturated rings. The Hall–Kier alpha value is -0.630. The van der Waals surface area contributed by atoms with E-state index in [0.717, 1.165) is 12.0 Å². The summed E-state index contributed by atoms with van der Waals surface area (Å²) < 4.78 is 18.6. The SMILES string of the molecule is COC1C=C(CC(F)C(C)C)C=CC1. The predicted molar refractivity (Wildman–Crippen MR) is 57.0 cm³/mol. The summed E-state index contributed by atoms with van der Waals surface area (Å²) >= 11 is 0. The number of hydrogen-bond donors (Lipinski definition) is 0. The van der Waals surface area contributed by atoms with E-state index in [9.17, 15) is 4.39 Å². The zero-order chi connectivity index (χ0) is 10.6. The first-order valence-corrected chi connectivity index (χ1v) is 5.17. The van der Waals surface area contributed by atoms with Crippen molar-refractivity contribution in [3.63, 3.8) is 0 Å². The minimum absolute atomic E-state index is 0.0900. The van der Waals surface area contributed by atoms with Gasteiger partial charge in [0.1, 0.15) is 6.17 Å². The fourth-order valence-electron chi connectivity index (χ4n) is 1.48. The highest BCUT2D eigenvalue weighted by Crippen LogP contribution is 2.21. The van der Waals surface area contributed by atoms with Gasteiger partial charge in [0.15, 0.2) is 0 Å². The molecule has 0 aromatic heterocycles. The number of rotatable bonds is 4. The summed E-state index contributed by atoms with van der Waals surface area (Å²) in [6.45, 7) is 3.82. The van der Waals surface area contributed by atoms with Crippen molar-refractivity contribution in [3.05, 3.63) is 23.8 Å². The van der Waals surface area contributed by atoms with Crippen LogP contribution in [0.25, 0.3) is 0 Å². The van der Waals surface area contributed by atoms with Gasteiger partial charge in [-0.15, -0.1) is 0 Å². The highest BCUT2D eigenvalue weighted by molar-refractivity contribution is 5.25. The van der Waals surface area contributed by atoms with Crippen molar-refractivity contribution in [1.29, 1.82) is 0 Å². The number of halogens is 1. The van der Waals surface area contributed by atoms with E-state index in [1.165, 1.54) is 0 Å². The van der Waals surface area contributed by atoms with Crippen molar-refractivity contribution in [2.45, 2.75) is 39.0 Å². The van der Waals surface area contributed by atoms with Gasteiger partial charge in [-0.05, 0) is 17.9 Å². The molecule has 0 N–H and O–H groups in total. The van der Waals surface area contributed by atoms with Gasteiger partial charge in [0.2, 0.25) is 0 Å². The highest BCUT2D eigenvalue weighted by atomic mass is 19.1. The van der Waals surface area contributed by atoms with Crippen LogP contribution in [0.1, 0.15) is 26.7 Å². The first kappa shape index (κ1) is 11.4. The molecule has 1 rings (SSSR count). The van der Waals surface area contributed by atoms with Gasteiger partial charge in [0.25, 0.3) is 0 Å². The molecule has 2 unspecified atom stereocenters. The fraction of sp³-hybridized carbons (Fsp3) is 0.667. The van der Waals surface area contributed by atoms with E-state index >= 15 is 0 Å². The smallest absolute Gasteiger partial charge is 0.106 e. The standard InChI is InChI=1S/C12H19FO/c1-9(2)12(13)8-10-5-4-6-11(7-10)14-3/h4-5,7,9,11-12H,6,8H2,1-3H3. The molecule has 14 heavy (non-hydrogen) atoms. The first-order valence-electron chi connectivity index (χ1n) is 5.17. The van der Waals surface area contributed by atoms with Crippen LogP contribution in [0.3, 0.4) is 0 Å². The third-order valence-electron chi connectivity index (χ3n) is 2.56. The van der Waals surface area contributed by atoms with Crippen LogP contribution >= 0.6 is 0 Å². The lowest BCUT2D eigenvalue weighted by molar-refractivity contribution is 0.141. The Morgan fingerprint density at radius 3 is 2.86 bits per heavy atom. The zero-order valence-corrected chi connectivity index (χ0v) is 9.16. The van der Waals surface area contributed by atoms with Crippen molar-refractivity contribution >= 4 is 0 Å². The lowest BCUT2D eigenvalue weighted by Crippen LogP contribution is -2.14. The summed E-state index contributed by atoms with van der Waals surface area (Å²) in [4.78, 5) is 0. The molecule has 0 aromatic carbocycles. The molecular formula is C12H19FO. The fourth-order valence-corrected chi connectivity index (χ4v) is 1.48. The molecule has 2 atom stereocenters. The van der Waals surface area contributed by atoms with E-state index in [2.05, 4.69) is 6.08 Å². The van der Waals surface area contributed by atoms with Gasteiger partial charge in [-0.1, -0.05) is 32.1 Å². The van der Waals surface area contributed by atoms with E-state index < -0.39 is 6.17 Å². The summed E-state index contributed by atoms with van der Waals surface area (Å²) in [5.41, 5.74) is 1.06. The molecule has 80 valence electrons. The predicted octanol–water partition coefficient (Wildman–Crippen LogP) is 3.27. The van der Waals surface area contributed by atoms with Crippen LogP contribution < -0.4 is 0 Å². The molecule has 0 saturated heterocycles. The number of alkyl halides is 1. The molecule has 0 radical (unpaired) electrons. The highest BCUT2D eigenvalue weighted by Gasteiger charge is 2.15. The lowest BCUT2D eigenvalue weighted by Gasteiger charge is -2.18. The van der Waals surface area contributed by atoms with E-state index in [4.69, 9.17) is 4.74 Å². The molecule has 0 aromatic rings. The van der Waals surface area contributed by atoms with Crippen molar-refractivity contribution in [2.24, 2.45) is 5.92 Å². The van der Waals surface area contributed by atoms with Gasteiger partial charge in [0, 0.05) is 13.5 Å². The first-order chi connectivity index (χ1) is 6.63. The van der Waals surface area contributed by atoms with Crippen LogP contribution in [0.5, 0.6) is 0 Å². The monoisotopic (exact) mass is 198 g/mol. The maximum atomic E-state index is 13.4. The zero-order valence-electron chi connectivity index (χ0n) is 9.16. The third kappa shape index (κ3) is 3.26. The third-order valence-corrected chi connectivity index (χ3v) is 2.56. The maximum Gasteiger partial charge on any atom is 0.106 e. The average Bonchev–Trinajstić information content (AvgIpc) is 2.18. The van der Waals surface area contributed by atoms with Crippen LogP contribution in [0.15, 0.2) is 23.8 Å². The van der Waals surface area contributed by atoms with Crippen LogP contribution in [0.4, 0.5) is 4.39 Å². The van der Waals surface area contributed by atoms with Crippen LogP contribution in [0.2, 0.25) is 0 Å². The van der Waals surface area contributed by atoms with Crippen LogP contribution in [-0.2, 0) is 4.74 Å². The molecule has 2 heteroatoms. The molecule has 0 saturated carbocycles. The minimum Gasteiger partial charge on any atom is -0.377 e. The largest absolute Gasteiger partial charge is 0.377 e. The Morgan fingerprint density at radius 1 is 1.57 bits per heavy atom. The van der Waals surface area contributed by atoms with Crippen molar-refractivity contribution in [1.82, 2.24) is 0 Å². The molecule has 1 aliphatic rings. The van der Waals surface area contributed by atoms with Gasteiger partial charge in [-0.2, -0.15) is 0 Å². The Balaban J connectivity index is 2.51. The van der Waals surface area contributed by atoms with Crippen molar-refractivity contribution in [2.75, 3.05) is 7.11 Å². The number of hydrogen-bond acceptors (Lipinski definition) is 1. The molecule has 0 bridgehead atoms. The molecule has 0 amide bonds. The Bertz CT molecular complexity index is 230. The number of allylic oxidation sites excluding steroid dienone is 2. The minimum atomic E-state index is -0.749. The quantitative estimate of drug-likeness (QED) is 0.673. The topological polar surface area (TPSA) is 9.23 Å². The van der Waals surface area contributed by atoms with Crippen LogP contribution in [-0.4, -0.2) is 19.4 Å². The summed E-state index contributed by atoms with van der Waals surface area (Å²) in [5.74, 6) is 0.0900. The average molecular weight is 198 g/mol. The van der Waals surface area contributed by atoms with Gasteiger partial charge in [-0.25, -0.2) is 4.39 Å². The van der Waals surface area contributed by atoms with Crippen molar-refractivity contribution < 1.29 is 9.13 Å². The maximum absolute atomic E-state index is 13.4. The summed E-state index contributed by atoms with van der Waals surface area (Å²) in [5, 5.41) is 0. The van der Waals surface area contributed by atoms with Gasteiger partial charge >= 0.3 is 0 Å². The molecule has 0 aliphatic heterocycles. The summed E-state index contributed by atoms with van der Waals surface area (Å²) in [6.07, 6.45) is 6.87. The molecular weight excluding hydrogens is 179 g/mol. The molecule has 0 heterocycles. The Kier molecular flexibility index (Phi) is 4.33. The van der Waals surface area contributed by atoms with E-state index in [-0.39, 0.29) is 12.0 Å². The van der Waals surface area contributed by atoms with E-state index in [1.807, 2.05) is 26.0 Å². The van der Waals surface area contributed by atoms with E-state index in [1.54, 1.807) is 7.11 Å². The van der Waals surface area contributed by atoms with Gasteiger partial charge in [0.05, 0.1) is 6.10 Å². The Morgan fingerprint density at radius 2 is 2.29 bits per heavy atom. The van der Waals surface area contributed by atoms with Gasteiger partial charge in [-0.3, -0.25) is 0 Å². The molecule has 0 spiro atoms. The van der Waals surface area contributed by atoms with E-state index in [0.29, 0.717) is 6.42 Å². The summed E-state index contributed by atoms with van der Waals surface area (Å²) in [6, 6.07) is 0. The second-order valence-corrected chi connectivity index (χ2v) is 4.12. The van der Waals surface area contributed by atoms with Crippen molar-refractivity contribution in [3.8, 4) is 0 Å². The molecule has 1 nitrogen and oxygen atoms in total. The Labute approximate surface area is 85.6 Å². The van der Waals surface area contributed by atoms with Gasteiger partial charge < -0.3 is 4.74 Å². The number of ether oxygens (including phenoxy) is 1. The lowest BCUT2D eigenvalue weighted by atomic mass is 9.96. The summed E-state index contributed by atoms with van der Waals surface area (Å²) in [7, 11) is 1.69. The normalized spacial score (nSPS) is 23.8. The van der Waals surface area contributed by atoms with Crippen LogP contribution in [0, 0.1) is 5.92 Å². The second kappa shape index (κ2) is 5.30. The number of methoxy groups -OCH3 is 1. The second-order valence-electron chi connectivity index (χ2n) is 4.12. The molecule has 1 aliphatic carbocycles.